The smallest absolute Gasteiger partial charge is 0.133 e. The van der Waals surface area contributed by atoms with Gasteiger partial charge in [0.1, 0.15) is 5.75 Å². The number of ether oxygens (including phenoxy) is 1. The molecule has 2 rings (SSSR count). The number of benzene rings is 1. The Hall–Kier alpha value is -1.00. The van der Waals surface area contributed by atoms with Gasteiger partial charge in [-0.15, -0.1) is 0 Å². The highest BCUT2D eigenvalue weighted by molar-refractivity contribution is 9.10. The summed E-state index contributed by atoms with van der Waals surface area (Å²) < 4.78 is 6.26. The Morgan fingerprint density at radius 2 is 2.12 bits per heavy atom. The molecule has 0 radical (unpaired) electrons. The van der Waals surface area contributed by atoms with Crippen molar-refractivity contribution < 1.29 is 4.74 Å². The van der Waals surface area contributed by atoms with Crippen LogP contribution in [0.3, 0.4) is 0 Å². The van der Waals surface area contributed by atoms with Crippen LogP contribution in [0.2, 0.25) is 0 Å². The molecule has 0 bridgehead atoms. The minimum atomic E-state index is -0.00263. The van der Waals surface area contributed by atoms with E-state index in [0.717, 1.165) is 32.4 Å². The molecule has 1 aromatic carbocycles. The number of methoxy groups -OCH3 is 1. The summed E-state index contributed by atoms with van der Waals surface area (Å²) in [7, 11) is 1.66. The predicted molar refractivity (Wildman–Crippen MR) is 69.9 cm³/mol. The van der Waals surface area contributed by atoms with E-state index < -0.39 is 0 Å². The van der Waals surface area contributed by atoms with Crippen molar-refractivity contribution in [2.24, 2.45) is 5.73 Å². The van der Waals surface area contributed by atoms with Gasteiger partial charge in [-0.2, -0.15) is 0 Å². The number of hydrogen-bond donors (Lipinski definition) is 2. The highest BCUT2D eigenvalue weighted by atomic mass is 79.9. The summed E-state index contributed by atoms with van der Waals surface area (Å²) >= 11 is 3.57. The molecule has 4 heteroatoms. The van der Waals surface area contributed by atoms with Crippen molar-refractivity contribution in [3.8, 4) is 5.75 Å². The van der Waals surface area contributed by atoms with E-state index in [0.29, 0.717) is 0 Å². The molecule has 0 aliphatic heterocycles. The van der Waals surface area contributed by atoms with E-state index in [1.54, 1.807) is 7.11 Å². The van der Waals surface area contributed by atoms with E-state index in [9.17, 15) is 0 Å². The topological polar surface area (TPSA) is 51.0 Å². The lowest BCUT2D eigenvalue weighted by molar-refractivity contribution is 0.413. The zero-order valence-corrected chi connectivity index (χ0v) is 11.2. The van der Waals surface area contributed by atoms with Crippen molar-refractivity contribution in [2.45, 2.75) is 19.9 Å². The largest absolute Gasteiger partial charge is 0.496 e. The number of rotatable bonds is 2. The second kappa shape index (κ2) is 4.11. The van der Waals surface area contributed by atoms with Crippen LogP contribution in [-0.2, 0) is 0 Å². The molecule has 86 valence electrons. The van der Waals surface area contributed by atoms with Crippen LogP contribution in [0.25, 0.3) is 10.9 Å². The zero-order valence-electron chi connectivity index (χ0n) is 9.60. The van der Waals surface area contributed by atoms with Crippen LogP contribution < -0.4 is 10.5 Å². The van der Waals surface area contributed by atoms with Crippen molar-refractivity contribution >= 4 is 26.8 Å². The molecular formula is C12H15BrN2O. The molecule has 0 saturated heterocycles. The van der Waals surface area contributed by atoms with Gasteiger partial charge in [-0.25, -0.2) is 0 Å². The molecule has 3 N–H and O–H groups in total. The van der Waals surface area contributed by atoms with E-state index in [4.69, 9.17) is 10.5 Å². The number of H-pyrrole nitrogens is 1. The highest BCUT2D eigenvalue weighted by Crippen LogP contribution is 2.38. The Balaban J connectivity index is 2.84. The molecule has 0 aliphatic carbocycles. The number of halogens is 1. The maximum Gasteiger partial charge on any atom is 0.133 e. The SMILES string of the molecule is COc1ccc2[nH]c(C)c(C(C)N)c2c1Br. The van der Waals surface area contributed by atoms with E-state index in [2.05, 4.69) is 20.9 Å². The van der Waals surface area contributed by atoms with Crippen LogP contribution >= 0.6 is 15.9 Å². The number of hydrogen-bond acceptors (Lipinski definition) is 2. The van der Waals surface area contributed by atoms with Gasteiger partial charge in [0.2, 0.25) is 0 Å². The van der Waals surface area contributed by atoms with Crippen molar-refractivity contribution in [2.75, 3.05) is 7.11 Å². The number of aromatic nitrogens is 1. The molecule has 3 nitrogen and oxygen atoms in total. The first kappa shape index (κ1) is 11.5. The Bertz CT molecular complexity index is 531. The third kappa shape index (κ3) is 1.62. The van der Waals surface area contributed by atoms with Gasteiger partial charge in [0.25, 0.3) is 0 Å². The molecule has 0 spiro atoms. The molecule has 1 heterocycles. The van der Waals surface area contributed by atoms with Gasteiger partial charge < -0.3 is 15.5 Å². The van der Waals surface area contributed by atoms with E-state index in [1.807, 2.05) is 26.0 Å². The van der Waals surface area contributed by atoms with Gasteiger partial charge in [-0.3, -0.25) is 0 Å². The Morgan fingerprint density at radius 1 is 1.44 bits per heavy atom. The van der Waals surface area contributed by atoms with Gasteiger partial charge >= 0.3 is 0 Å². The van der Waals surface area contributed by atoms with Crippen molar-refractivity contribution in [1.29, 1.82) is 0 Å². The summed E-state index contributed by atoms with van der Waals surface area (Å²) in [6, 6.07) is 3.95. The predicted octanol–water partition coefficient (Wildman–Crippen LogP) is 3.27. The number of nitrogens with one attached hydrogen (secondary N) is 1. The Labute approximate surface area is 103 Å². The maximum absolute atomic E-state index is 6.00. The second-order valence-corrected chi connectivity index (χ2v) is 4.75. The fourth-order valence-corrected chi connectivity index (χ4v) is 2.83. The number of fused-ring (bicyclic) bond motifs is 1. The summed E-state index contributed by atoms with van der Waals surface area (Å²) in [4.78, 5) is 3.33. The quantitative estimate of drug-likeness (QED) is 0.888. The van der Waals surface area contributed by atoms with E-state index in [-0.39, 0.29) is 6.04 Å². The van der Waals surface area contributed by atoms with Crippen molar-refractivity contribution in [1.82, 2.24) is 4.98 Å². The summed E-state index contributed by atoms with van der Waals surface area (Å²) in [5.41, 5.74) is 9.33. The maximum atomic E-state index is 6.00. The molecule has 2 aromatic rings. The molecule has 0 fully saturated rings. The van der Waals surface area contributed by atoms with Crippen molar-refractivity contribution in [3.63, 3.8) is 0 Å². The minimum Gasteiger partial charge on any atom is -0.496 e. The molecule has 1 atom stereocenters. The lowest BCUT2D eigenvalue weighted by Gasteiger charge is -2.09. The number of nitrogens with two attached hydrogens (primary N) is 1. The molecular weight excluding hydrogens is 268 g/mol. The van der Waals surface area contributed by atoms with Gasteiger partial charge in [0.05, 0.1) is 11.6 Å². The lowest BCUT2D eigenvalue weighted by atomic mass is 10.1. The third-order valence-corrected chi connectivity index (χ3v) is 3.56. The van der Waals surface area contributed by atoms with E-state index >= 15 is 0 Å². The number of aromatic amines is 1. The van der Waals surface area contributed by atoms with Gasteiger partial charge in [0.15, 0.2) is 0 Å². The molecule has 16 heavy (non-hydrogen) atoms. The molecule has 0 aliphatic rings. The normalized spacial score (nSPS) is 13.1. The first-order valence-electron chi connectivity index (χ1n) is 5.16. The monoisotopic (exact) mass is 282 g/mol. The fraction of sp³-hybridized carbons (Fsp3) is 0.333. The molecule has 1 unspecified atom stereocenters. The van der Waals surface area contributed by atoms with Crippen LogP contribution in [0.1, 0.15) is 24.2 Å². The first-order chi connectivity index (χ1) is 7.56. The molecule has 0 amide bonds. The molecule has 0 saturated carbocycles. The average Bonchev–Trinajstić information content (AvgIpc) is 2.56. The summed E-state index contributed by atoms with van der Waals surface area (Å²) in [5, 5.41) is 1.12. The minimum absolute atomic E-state index is 0.00263. The Kier molecular flexibility index (Phi) is 2.95. The van der Waals surface area contributed by atoms with Gasteiger partial charge in [0, 0.05) is 22.6 Å². The number of aryl methyl sites for hydroxylation is 1. The van der Waals surface area contributed by atoms with Gasteiger partial charge in [-0.1, -0.05) is 0 Å². The van der Waals surface area contributed by atoms with Gasteiger partial charge in [-0.05, 0) is 47.5 Å². The van der Waals surface area contributed by atoms with E-state index in [1.165, 1.54) is 0 Å². The summed E-state index contributed by atoms with van der Waals surface area (Å²) in [6.45, 7) is 4.03. The third-order valence-electron chi connectivity index (χ3n) is 2.78. The summed E-state index contributed by atoms with van der Waals surface area (Å²) in [6.07, 6.45) is 0. The van der Waals surface area contributed by atoms with Crippen LogP contribution in [0.4, 0.5) is 0 Å². The van der Waals surface area contributed by atoms with Crippen LogP contribution in [0.5, 0.6) is 5.75 Å². The Morgan fingerprint density at radius 3 is 2.69 bits per heavy atom. The van der Waals surface area contributed by atoms with Crippen LogP contribution in [0, 0.1) is 6.92 Å². The fourth-order valence-electron chi connectivity index (χ4n) is 2.11. The highest BCUT2D eigenvalue weighted by Gasteiger charge is 2.16. The summed E-state index contributed by atoms with van der Waals surface area (Å²) in [5.74, 6) is 0.827. The standard InChI is InChI=1S/C12H15BrN2O/c1-6(14)10-7(2)15-8-4-5-9(16-3)12(13)11(8)10/h4-6,15H,14H2,1-3H3. The molecule has 1 aromatic heterocycles. The second-order valence-electron chi connectivity index (χ2n) is 3.96. The van der Waals surface area contributed by atoms with Crippen LogP contribution in [-0.4, -0.2) is 12.1 Å². The first-order valence-corrected chi connectivity index (χ1v) is 5.95. The lowest BCUT2D eigenvalue weighted by Crippen LogP contribution is -2.05. The average molecular weight is 283 g/mol. The van der Waals surface area contributed by atoms with Crippen LogP contribution in [0.15, 0.2) is 16.6 Å². The zero-order chi connectivity index (χ0) is 11.9. The van der Waals surface area contributed by atoms with Crippen molar-refractivity contribution in [3.05, 3.63) is 27.9 Å².